The molecule has 0 bridgehead atoms. The fourth-order valence-corrected chi connectivity index (χ4v) is 7.70. The first kappa shape index (κ1) is 20.1. The molecule has 1 aliphatic heterocycles. The number of nitrogens with one attached hydrogen (secondary N) is 2. The summed E-state index contributed by atoms with van der Waals surface area (Å²) in [5.41, 5.74) is 3.36. The molecule has 0 spiro atoms. The second-order valence-electron chi connectivity index (χ2n) is 8.36. The van der Waals surface area contributed by atoms with Crippen molar-refractivity contribution >= 4 is 70.6 Å². The summed E-state index contributed by atoms with van der Waals surface area (Å²) in [4.78, 5) is 25.9. The Morgan fingerprint density at radius 3 is 2.81 bits per heavy atom. The zero-order chi connectivity index (χ0) is 21.9. The van der Waals surface area contributed by atoms with Gasteiger partial charge in [0.25, 0.3) is 0 Å². The second-order valence-corrected chi connectivity index (χ2v) is 12.6. The lowest BCUT2D eigenvalue weighted by molar-refractivity contribution is -0.135. The van der Waals surface area contributed by atoms with Crippen LogP contribution in [0.4, 0.5) is 11.5 Å². The maximum Gasteiger partial charge on any atom is 0.226 e. The van der Waals surface area contributed by atoms with E-state index in [4.69, 9.17) is 0 Å². The number of thiophene rings is 1. The van der Waals surface area contributed by atoms with E-state index in [1.807, 2.05) is 6.07 Å². The number of H-pyrrole nitrogens is 1. The predicted octanol–water partition coefficient (Wildman–Crippen LogP) is 3.34. The minimum Gasteiger partial charge on any atom is -0.340 e. The maximum absolute atomic E-state index is 13.1. The zero-order valence-electron chi connectivity index (χ0n) is 17.1. The fraction of sp³-hybridized carbons (Fsp3) is 0.381. The number of aromatic amines is 1. The molecule has 11 heteroatoms. The smallest absolute Gasteiger partial charge is 0.226 e. The van der Waals surface area contributed by atoms with Gasteiger partial charge in [0.05, 0.1) is 27.1 Å². The first-order valence-electron chi connectivity index (χ1n) is 10.6. The molecule has 1 saturated heterocycles. The number of aromatic nitrogens is 3. The number of aryl methyl sites for hydroxylation is 1. The number of hydrogen-bond donors (Lipinski definition) is 2. The van der Waals surface area contributed by atoms with Crippen molar-refractivity contribution in [2.45, 2.75) is 19.3 Å². The van der Waals surface area contributed by atoms with E-state index in [1.165, 1.54) is 15.1 Å². The van der Waals surface area contributed by atoms with Crippen LogP contribution in [0.25, 0.3) is 20.4 Å². The van der Waals surface area contributed by atoms with Crippen LogP contribution in [-0.4, -0.2) is 58.2 Å². The van der Waals surface area contributed by atoms with E-state index in [-0.39, 0.29) is 23.3 Å². The van der Waals surface area contributed by atoms with E-state index in [0.29, 0.717) is 19.5 Å². The van der Waals surface area contributed by atoms with Crippen molar-refractivity contribution in [3.8, 4) is 0 Å². The minimum atomic E-state index is -3.00. The van der Waals surface area contributed by atoms with E-state index in [1.54, 1.807) is 34.1 Å². The average Bonchev–Trinajstić information content (AvgIpc) is 3.14. The second kappa shape index (κ2) is 7.53. The lowest BCUT2D eigenvalue weighted by Gasteiger charge is -2.31. The van der Waals surface area contributed by atoms with Gasteiger partial charge in [0, 0.05) is 29.6 Å². The summed E-state index contributed by atoms with van der Waals surface area (Å²) >= 11 is 3.25. The molecule has 1 amide bonds. The zero-order valence-corrected chi connectivity index (χ0v) is 19.6. The number of hydrogen-bond acceptors (Lipinski definition) is 8. The topological polar surface area (TPSA) is 108 Å². The molecule has 0 saturated carbocycles. The largest absolute Gasteiger partial charge is 0.340 e. The highest BCUT2D eigenvalue weighted by atomic mass is 32.2. The number of amides is 1. The van der Waals surface area contributed by atoms with Gasteiger partial charge in [0.1, 0.15) is 17.0 Å². The van der Waals surface area contributed by atoms with Crippen LogP contribution in [0.2, 0.25) is 0 Å². The highest BCUT2D eigenvalue weighted by molar-refractivity contribution is 7.91. The molecular formula is C21H21N5O3S3. The van der Waals surface area contributed by atoms with Crippen molar-refractivity contribution in [2.75, 3.05) is 29.9 Å². The van der Waals surface area contributed by atoms with Gasteiger partial charge in [0.2, 0.25) is 5.91 Å². The molecule has 1 aliphatic carbocycles. The Balaban J connectivity index is 1.26. The summed E-state index contributed by atoms with van der Waals surface area (Å²) in [6.45, 7) is 0.621. The molecule has 0 radical (unpaired) electrons. The standard InChI is InChI=1S/C21H21N5O3S3/c27-21(26-5-7-32(28,29)8-6-26)12-1-3-14-16(9-12)30-20-18(14)19(22-11-23-20)24-13-2-4-15-17(10-13)31-25-15/h2,4,10-12,25H,1,3,5-9H2,(H,22,23,24)/t12-/m0/s1. The molecule has 32 heavy (non-hydrogen) atoms. The molecule has 166 valence electrons. The SMILES string of the molecule is O=C([C@H]1CCc2c(sc3ncnc(Nc4ccc5[nH]sc5c4)c23)C1)N1CCS(=O)(=O)CC1. The van der Waals surface area contributed by atoms with Gasteiger partial charge in [-0.05, 0) is 43.0 Å². The molecule has 2 N–H and O–H groups in total. The Kier molecular flexibility index (Phi) is 4.74. The van der Waals surface area contributed by atoms with Gasteiger partial charge >= 0.3 is 0 Å². The number of benzene rings is 1. The Morgan fingerprint density at radius 2 is 2.06 bits per heavy atom. The quantitative estimate of drug-likeness (QED) is 0.459. The minimum absolute atomic E-state index is 0.0709. The monoisotopic (exact) mass is 487 g/mol. The third-order valence-corrected chi connectivity index (χ3v) is 10.0. The number of nitrogens with zero attached hydrogens (tertiary/aromatic N) is 3. The van der Waals surface area contributed by atoms with Crippen LogP contribution in [0.5, 0.6) is 0 Å². The summed E-state index contributed by atoms with van der Waals surface area (Å²) < 4.78 is 27.8. The molecule has 1 fully saturated rings. The van der Waals surface area contributed by atoms with Gasteiger partial charge < -0.3 is 14.6 Å². The van der Waals surface area contributed by atoms with Crippen molar-refractivity contribution < 1.29 is 13.2 Å². The van der Waals surface area contributed by atoms with E-state index in [9.17, 15) is 13.2 Å². The van der Waals surface area contributed by atoms with Crippen LogP contribution >= 0.6 is 22.9 Å². The van der Waals surface area contributed by atoms with Gasteiger partial charge in [-0.1, -0.05) is 11.5 Å². The van der Waals surface area contributed by atoms with Gasteiger partial charge in [-0.2, -0.15) is 0 Å². The van der Waals surface area contributed by atoms with Crippen molar-refractivity contribution in [2.24, 2.45) is 5.92 Å². The summed E-state index contributed by atoms with van der Waals surface area (Å²) in [6, 6.07) is 6.19. The van der Waals surface area contributed by atoms with E-state index >= 15 is 0 Å². The van der Waals surface area contributed by atoms with Crippen molar-refractivity contribution in [1.82, 2.24) is 19.2 Å². The van der Waals surface area contributed by atoms with Crippen LogP contribution in [0.15, 0.2) is 24.5 Å². The van der Waals surface area contributed by atoms with E-state index < -0.39 is 9.84 Å². The first-order chi connectivity index (χ1) is 15.5. The predicted molar refractivity (Wildman–Crippen MR) is 128 cm³/mol. The third kappa shape index (κ3) is 3.48. The molecule has 2 aliphatic rings. The molecule has 0 unspecified atom stereocenters. The normalized spacial score (nSPS) is 20.5. The Hall–Kier alpha value is -2.50. The first-order valence-corrected chi connectivity index (χ1v) is 14.0. The third-order valence-electron chi connectivity index (χ3n) is 6.37. The highest BCUT2D eigenvalue weighted by Crippen LogP contribution is 2.41. The van der Waals surface area contributed by atoms with Crippen LogP contribution in [0.1, 0.15) is 16.9 Å². The van der Waals surface area contributed by atoms with Crippen LogP contribution in [0, 0.1) is 5.92 Å². The summed E-state index contributed by atoms with van der Waals surface area (Å²) in [5, 5.41) is 4.51. The lowest BCUT2D eigenvalue weighted by atomic mass is 9.87. The highest BCUT2D eigenvalue weighted by Gasteiger charge is 2.33. The fourth-order valence-electron chi connectivity index (χ4n) is 4.58. The van der Waals surface area contributed by atoms with Gasteiger partial charge in [-0.3, -0.25) is 4.79 Å². The molecular weight excluding hydrogens is 466 g/mol. The molecule has 6 rings (SSSR count). The molecule has 3 aromatic heterocycles. The summed E-state index contributed by atoms with van der Waals surface area (Å²) in [6.07, 6.45) is 3.82. The molecule has 1 atom stereocenters. The number of rotatable bonds is 3. The summed E-state index contributed by atoms with van der Waals surface area (Å²) in [5.74, 6) is 0.928. The number of carbonyl (C=O) groups excluding carboxylic acids is 1. The Bertz CT molecular complexity index is 1440. The van der Waals surface area contributed by atoms with E-state index in [2.05, 4.69) is 31.8 Å². The van der Waals surface area contributed by atoms with Crippen LogP contribution in [-0.2, 0) is 27.5 Å². The van der Waals surface area contributed by atoms with Crippen LogP contribution in [0.3, 0.4) is 0 Å². The maximum atomic E-state index is 13.1. The number of anilines is 2. The molecule has 8 nitrogen and oxygen atoms in total. The summed E-state index contributed by atoms with van der Waals surface area (Å²) in [7, 11) is -3.00. The Morgan fingerprint density at radius 1 is 1.22 bits per heavy atom. The molecule has 4 heterocycles. The average molecular weight is 488 g/mol. The lowest BCUT2D eigenvalue weighted by Crippen LogP contribution is -2.47. The number of fused-ring (bicyclic) bond motifs is 4. The van der Waals surface area contributed by atoms with Crippen molar-refractivity contribution in [3.05, 3.63) is 35.0 Å². The van der Waals surface area contributed by atoms with Crippen LogP contribution < -0.4 is 5.32 Å². The number of sulfone groups is 1. The van der Waals surface area contributed by atoms with Gasteiger partial charge in [-0.15, -0.1) is 11.3 Å². The van der Waals surface area contributed by atoms with Gasteiger partial charge in [0.15, 0.2) is 9.84 Å². The Labute approximate surface area is 192 Å². The van der Waals surface area contributed by atoms with Gasteiger partial charge in [-0.25, -0.2) is 18.4 Å². The van der Waals surface area contributed by atoms with E-state index in [0.717, 1.165) is 40.1 Å². The van der Waals surface area contributed by atoms with Crippen molar-refractivity contribution in [3.63, 3.8) is 0 Å². The molecule has 4 aromatic rings. The van der Waals surface area contributed by atoms with Crippen molar-refractivity contribution in [1.29, 1.82) is 0 Å². The number of carbonyl (C=O) groups is 1. The molecule has 1 aromatic carbocycles.